The molecule has 0 radical (unpaired) electrons. The first-order valence-corrected chi connectivity index (χ1v) is 10.1. The molecule has 1 aromatic heterocycles. The summed E-state index contributed by atoms with van der Waals surface area (Å²) in [7, 11) is 0. The van der Waals surface area contributed by atoms with E-state index in [4.69, 9.17) is 0 Å². The van der Waals surface area contributed by atoms with E-state index < -0.39 is 0 Å². The fourth-order valence-electron chi connectivity index (χ4n) is 3.41. The highest BCUT2D eigenvalue weighted by atomic mass is 79.9. The van der Waals surface area contributed by atoms with Gasteiger partial charge >= 0.3 is 0 Å². The average Bonchev–Trinajstić information content (AvgIpc) is 2.83. The molecule has 0 aliphatic rings. The number of benzene rings is 2. The van der Waals surface area contributed by atoms with Gasteiger partial charge in [0.1, 0.15) is 0 Å². The van der Waals surface area contributed by atoms with E-state index in [0.29, 0.717) is 0 Å². The molecule has 2 aromatic carbocycles. The number of unbranched alkanes of at least 4 members (excludes halogenated alkanes) is 1. The van der Waals surface area contributed by atoms with Crippen molar-refractivity contribution < 1.29 is 0 Å². The van der Waals surface area contributed by atoms with Gasteiger partial charge in [0.2, 0.25) is 0 Å². The minimum atomic E-state index is 0.742. The zero-order valence-electron chi connectivity index (χ0n) is 13.8. The van der Waals surface area contributed by atoms with Crippen LogP contribution in [0.4, 0.5) is 0 Å². The molecule has 0 aliphatic heterocycles. The van der Waals surface area contributed by atoms with Crippen molar-refractivity contribution >= 4 is 53.7 Å². The van der Waals surface area contributed by atoms with Crippen LogP contribution in [-0.2, 0) is 6.54 Å². The van der Waals surface area contributed by atoms with Crippen LogP contribution >= 0.6 is 31.9 Å². The maximum atomic E-state index is 3.64. The highest BCUT2D eigenvalue weighted by Gasteiger charge is 2.15. The molecule has 3 rings (SSSR count). The fourth-order valence-corrected chi connectivity index (χ4v) is 4.11. The lowest BCUT2D eigenvalue weighted by atomic mass is 9.99. The lowest BCUT2D eigenvalue weighted by Gasteiger charge is -2.17. The quantitative estimate of drug-likeness (QED) is 0.376. The molecule has 23 heavy (non-hydrogen) atoms. The van der Waals surface area contributed by atoms with E-state index in [-0.39, 0.29) is 0 Å². The Balaban J connectivity index is 2.14. The highest BCUT2D eigenvalue weighted by Crippen LogP contribution is 2.34. The SMILES string of the molecule is CCCC[C@@H](CC)Cn1c2cc(Br)ccc2c2ccc(Br)cc21. The third kappa shape index (κ3) is 3.51. The van der Waals surface area contributed by atoms with Gasteiger partial charge in [-0.25, -0.2) is 0 Å². The number of rotatable bonds is 6. The third-order valence-corrected chi connectivity index (χ3v) is 5.76. The van der Waals surface area contributed by atoms with Crippen molar-refractivity contribution in [1.82, 2.24) is 4.57 Å². The molecule has 122 valence electrons. The standard InChI is InChI=1S/C20H23Br2N/c1-3-5-6-14(4-2)13-23-19-11-15(21)7-9-17(19)18-10-8-16(22)12-20(18)23/h7-12,14H,3-6,13H2,1-2H3/t14-/m1/s1. The largest absolute Gasteiger partial charge is 0.340 e. The molecular weight excluding hydrogens is 414 g/mol. The van der Waals surface area contributed by atoms with Crippen molar-refractivity contribution in [2.45, 2.75) is 46.1 Å². The number of aromatic nitrogens is 1. The summed E-state index contributed by atoms with van der Waals surface area (Å²) < 4.78 is 4.81. The van der Waals surface area contributed by atoms with Gasteiger partial charge in [-0.1, -0.05) is 77.1 Å². The van der Waals surface area contributed by atoms with Crippen LogP contribution in [0.2, 0.25) is 0 Å². The molecule has 0 N–H and O–H groups in total. The Morgan fingerprint density at radius 3 is 1.96 bits per heavy atom. The van der Waals surface area contributed by atoms with Gasteiger partial charge < -0.3 is 4.57 Å². The summed E-state index contributed by atoms with van der Waals surface area (Å²) in [6, 6.07) is 13.3. The summed E-state index contributed by atoms with van der Waals surface area (Å²) in [5.74, 6) is 0.742. The van der Waals surface area contributed by atoms with Crippen LogP contribution in [0.5, 0.6) is 0 Å². The number of hydrogen-bond donors (Lipinski definition) is 0. The Hall–Kier alpha value is -0.800. The van der Waals surface area contributed by atoms with Crippen LogP contribution in [0.25, 0.3) is 21.8 Å². The second-order valence-corrected chi connectivity index (χ2v) is 8.18. The van der Waals surface area contributed by atoms with Crippen molar-refractivity contribution in [2.24, 2.45) is 5.92 Å². The first-order chi connectivity index (χ1) is 11.1. The van der Waals surface area contributed by atoms with Gasteiger partial charge in [-0.2, -0.15) is 0 Å². The molecule has 3 heteroatoms. The van der Waals surface area contributed by atoms with Gasteiger partial charge in [0.15, 0.2) is 0 Å². The molecule has 0 saturated carbocycles. The van der Waals surface area contributed by atoms with E-state index in [1.807, 2.05) is 0 Å². The maximum absolute atomic E-state index is 3.64. The van der Waals surface area contributed by atoms with Gasteiger partial charge in [0.25, 0.3) is 0 Å². The molecule has 3 aromatic rings. The predicted octanol–water partition coefficient (Wildman–Crippen LogP) is 7.54. The zero-order valence-corrected chi connectivity index (χ0v) is 17.0. The van der Waals surface area contributed by atoms with Crippen LogP contribution < -0.4 is 0 Å². The highest BCUT2D eigenvalue weighted by molar-refractivity contribution is 9.10. The number of halogens is 2. The lowest BCUT2D eigenvalue weighted by molar-refractivity contribution is 0.401. The van der Waals surface area contributed by atoms with Gasteiger partial charge in [0.05, 0.1) is 11.0 Å². The number of nitrogens with zero attached hydrogens (tertiary/aromatic N) is 1. The van der Waals surface area contributed by atoms with Crippen molar-refractivity contribution in [1.29, 1.82) is 0 Å². The number of hydrogen-bond acceptors (Lipinski definition) is 0. The molecule has 0 spiro atoms. The first kappa shape index (κ1) is 17.0. The van der Waals surface area contributed by atoms with E-state index >= 15 is 0 Å². The molecule has 0 bridgehead atoms. The van der Waals surface area contributed by atoms with Gasteiger partial charge in [0, 0.05) is 26.3 Å². The molecule has 1 atom stereocenters. The van der Waals surface area contributed by atoms with Gasteiger partial charge in [-0.15, -0.1) is 0 Å². The van der Waals surface area contributed by atoms with Gasteiger partial charge in [-0.3, -0.25) is 0 Å². The lowest BCUT2D eigenvalue weighted by Crippen LogP contribution is -2.10. The van der Waals surface area contributed by atoms with Crippen LogP contribution in [-0.4, -0.2) is 4.57 Å². The average molecular weight is 437 g/mol. The van der Waals surface area contributed by atoms with Crippen molar-refractivity contribution in [2.75, 3.05) is 0 Å². The minimum absolute atomic E-state index is 0.742. The normalized spacial score (nSPS) is 13.0. The molecule has 0 unspecified atom stereocenters. The van der Waals surface area contributed by atoms with Crippen molar-refractivity contribution in [3.05, 3.63) is 45.3 Å². The Morgan fingerprint density at radius 1 is 0.913 bits per heavy atom. The topological polar surface area (TPSA) is 4.93 Å². The predicted molar refractivity (Wildman–Crippen MR) is 108 cm³/mol. The molecule has 1 heterocycles. The summed E-state index contributed by atoms with van der Waals surface area (Å²) in [5, 5.41) is 2.70. The van der Waals surface area contributed by atoms with E-state index in [9.17, 15) is 0 Å². The summed E-state index contributed by atoms with van der Waals surface area (Å²) in [4.78, 5) is 0. The molecule has 0 amide bonds. The maximum Gasteiger partial charge on any atom is 0.0502 e. The zero-order chi connectivity index (χ0) is 16.4. The van der Waals surface area contributed by atoms with Gasteiger partial charge in [-0.05, 0) is 36.6 Å². The second-order valence-electron chi connectivity index (χ2n) is 6.35. The number of fused-ring (bicyclic) bond motifs is 3. The Morgan fingerprint density at radius 2 is 1.48 bits per heavy atom. The minimum Gasteiger partial charge on any atom is -0.340 e. The molecular formula is C20H23Br2N. The van der Waals surface area contributed by atoms with E-state index in [2.05, 4.69) is 86.7 Å². The van der Waals surface area contributed by atoms with E-state index in [1.54, 1.807) is 0 Å². The summed E-state index contributed by atoms with van der Waals surface area (Å²) in [6.07, 6.45) is 5.16. The van der Waals surface area contributed by atoms with Crippen molar-refractivity contribution in [3.8, 4) is 0 Å². The molecule has 0 fully saturated rings. The second kappa shape index (κ2) is 7.40. The monoisotopic (exact) mass is 435 g/mol. The first-order valence-electron chi connectivity index (χ1n) is 8.51. The molecule has 0 aliphatic carbocycles. The summed E-state index contributed by atoms with van der Waals surface area (Å²) in [6.45, 7) is 5.70. The van der Waals surface area contributed by atoms with Crippen molar-refractivity contribution in [3.63, 3.8) is 0 Å². The summed E-state index contributed by atoms with van der Waals surface area (Å²) in [5.41, 5.74) is 2.67. The Kier molecular flexibility index (Phi) is 5.48. The van der Waals surface area contributed by atoms with Crippen LogP contribution in [0, 0.1) is 5.92 Å². The Labute approximate surface area is 155 Å². The van der Waals surface area contributed by atoms with E-state index in [0.717, 1.165) is 21.4 Å². The van der Waals surface area contributed by atoms with Crippen LogP contribution in [0.15, 0.2) is 45.3 Å². The van der Waals surface area contributed by atoms with Crippen LogP contribution in [0.3, 0.4) is 0 Å². The van der Waals surface area contributed by atoms with E-state index in [1.165, 1.54) is 47.5 Å². The molecule has 0 saturated heterocycles. The third-order valence-electron chi connectivity index (χ3n) is 4.78. The fraction of sp³-hybridized carbons (Fsp3) is 0.400. The molecule has 1 nitrogen and oxygen atoms in total. The smallest absolute Gasteiger partial charge is 0.0502 e. The Bertz CT molecular complexity index is 760. The van der Waals surface area contributed by atoms with Crippen LogP contribution in [0.1, 0.15) is 39.5 Å². The summed E-state index contributed by atoms with van der Waals surface area (Å²) >= 11 is 7.28.